The molecule has 0 bridgehead atoms. The van der Waals surface area contributed by atoms with E-state index in [0.717, 1.165) is 22.2 Å². The van der Waals surface area contributed by atoms with Gasteiger partial charge in [0.15, 0.2) is 0 Å². The second-order valence-electron chi connectivity index (χ2n) is 4.42. The van der Waals surface area contributed by atoms with Gasteiger partial charge in [-0.15, -0.1) is 0 Å². The predicted octanol–water partition coefficient (Wildman–Crippen LogP) is 2.56. The SMILES string of the molecule is NC(c1cccc(Cl)c1)c1ccc2[nH]c(=O)[nH]c2c1. The van der Waals surface area contributed by atoms with Crippen LogP contribution >= 0.6 is 11.6 Å². The zero-order valence-corrected chi connectivity index (χ0v) is 10.7. The molecule has 1 atom stereocenters. The third-order valence-electron chi connectivity index (χ3n) is 3.11. The quantitative estimate of drug-likeness (QED) is 0.671. The molecule has 4 N–H and O–H groups in total. The third-order valence-corrected chi connectivity index (χ3v) is 3.34. The molecular formula is C14H12ClN3O. The first-order valence-electron chi connectivity index (χ1n) is 5.86. The van der Waals surface area contributed by atoms with Gasteiger partial charge in [0.2, 0.25) is 0 Å². The number of hydrogen-bond donors (Lipinski definition) is 3. The summed E-state index contributed by atoms with van der Waals surface area (Å²) >= 11 is 5.97. The van der Waals surface area contributed by atoms with Crippen LogP contribution in [0.15, 0.2) is 47.3 Å². The van der Waals surface area contributed by atoms with Crippen molar-refractivity contribution in [1.29, 1.82) is 0 Å². The summed E-state index contributed by atoms with van der Waals surface area (Å²) in [5, 5.41) is 0.657. The number of nitrogens with one attached hydrogen (secondary N) is 2. The number of imidazole rings is 1. The Hall–Kier alpha value is -2.04. The second kappa shape index (κ2) is 4.57. The molecule has 1 aromatic heterocycles. The van der Waals surface area contributed by atoms with E-state index in [1.54, 1.807) is 0 Å². The van der Waals surface area contributed by atoms with Crippen LogP contribution in [0.4, 0.5) is 0 Å². The molecule has 0 spiro atoms. The molecule has 0 amide bonds. The van der Waals surface area contributed by atoms with Crippen molar-refractivity contribution >= 4 is 22.6 Å². The zero-order valence-electron chi connectivity index (χ0n) is 9.98. The molecule has 4 nitrogen and oxygen atoms in total. The molecule has 3 aromatic rings. The molecule has 0 fully saturated rings. The summed E-state index contributed by atoms with van der Waals surface area (Å²) in [7, 11) is 0. The molecule has 5 heteroatoms. The van der Waals surface area contributed by atoms with Gasteiger partial charge in [0.1, 0.15) is 0 Å². The van der Waals surface area contributed by atoms with E-state index < -0.39 is 0 Å². The maximum Gasteiger partial charge on any atom is 0.323 e. The molecular weight excluding hydrogens is 262 g/mol. The minimum atomic E-state index is -0.276. The van der Waals surface area contributed by atoms with Gasteiger partial charge >= 0.3 is 5.69 Å². The van der Waals surface area contributed by atoms with Gasteiger partial charge in [0.05, 0.1) is 17.1 Å². The van der Waals surface area contributed by atoms with Crippen LogP contribution in [0, 0.1) is 0 Å². The molecule has 1 unspecified atom stereocenters. The average Bonchev–Trinajstić information content (AvgIpc) is 2.76. The second-order valence-corrected chi connectivity index (χ2v) is 4.85. The normalized spacial score (nSPS) is 12.7. The summed E-state index contributed by atoms with van der Waals surface area (Å²) in [6, 6.07) is 12.8. The highest BCUT2D eigenvalue weighted by Gasteiger charge is 2.10. The van der Waals surface area contributed by atoms with E-state index in [1.165, 1.54) is 0 Å². The lowest BCUT2D eigenvalue weighted by atomic mass is 9.99. The lowest BCUT2D eigenvalue weighted by molar-refractivity contribution is 0.873. The summed E-state index contributed by atoms with van der Waals surface area (Å²) in [5.41, 5.74) is 9.38. The fraction of sp³-hybridized carbons (Fsp3) is 0.0714. The first kappa shape index (κ1) is 12.0. The molecule has 96 valence electrons. The van der Waals surface area contributed by atoms with Crippen LogP contribution in [0.2, 0.25) is 5.02 Å². The van der Waals surface area contributed by atoms with Crippen LogP contribution in [-0.2, 0) is 0 Å². The fourth-order valence-corrected chi connectivity index (χ4v) is 2.33. The Labute approximate surface area is 114 Å². The van der Waals surface area contributed by atoms with Crippen molar-refractivity contribution in [1.82, 2.24) is 9.97 Å². The number of benzene rings is 2. The minimum Gasteiger partial charge on any atom is -0.320 e. The van der Waals surface area contributed by atoms with Gasteiger partial charge in [-0.1, -0.05) is 29.8 Å². The molecule has 0 aliphatic heterocycles. The highest BCUT2D eigenvalue weighted by Crippen LogP contribution is 2.23. The first-order chi connectivity index (χ1) is 9.13. The van der Waals surface area contributed by atoms with Crippen molar-refractivity contribution in [2.75, 3.05) is 0 Å². The predicted molar refractivity (Wildman–Crippen MR) is 76.4 cm³/mol. The number of hydrogen-bond acceptors (Lipinski definition) is 2. The highest BCUT2D eigenvalue weighted by atomic mass is 35.5. The lowest BCUT2D eigenvalue weighted by Gasteiger charge is -2.12. The molecule has 1 heterocycles. The molecule has 0 radical (unpaired) electrons. The standard InChI is InChI=1S/C14H12ClN3O/c15-10-3-1-2-8(6-10)13(16)9-4-5-11-12(7-9)18-14(19)17-11/h1-7,13H,16H2,(H2,17,18,19). The maximum atomic E-state index is 11.2. The maximum absolute atomic E-state index is 11.2. The van der Waals surface area contributed by atoms with Crippen LogP contribution < -0.4 is 11.4 Å². The van der Waals surface area contributed by atoms with E-state index in [1.807, 2.05) is 42.5 Å². The van der Waals surface area contributed by atoms with Gasteiger partial charge in [-0.25, -0.2) is 4.79 Å². The van der Waals surface area contributed by atoms with Crippen molar-refractivity contribution < 1.29 is 0 Å². The number of fused-ring (bicyclic) bond motifs is 1. The monoisotopic (exact) mass is 273 g/mol. The Morgan fingerprint density at radius 1 is 1.00 bits per heavy atom. The summed E-state index contributed by atoms with van der Waals surface area (Å²) in [4.78, 5) is 16.6. The largest absolute Gasteiger partial charge is 0.323 e. The topological polar surface area (TPSA) is 74.7 Å². The number of rotatable bonds is 2. The van der Waals surface area contributed by atoms with Gasteiger partial charge in [-0.2, -0.15) is 0 Å². The summed E-state index contributed by atoms with van der Waals surface area (Å²) in [6.45, 7) is 0. The lowest BCUT2D eigenvalue weighted by Crippen LogP contribution is -2.11. The van der Waals surface area contributed by atoms with Gasteiger partial charge < -0.3 is 15.7 Å². The van der Waals surface area contributed by atoms with Crippen LogP contribution in [0.3, 0.4) is 0 Å². The minimum absolute atomic E-state index is 0.219. The van der Waals surface area contributed by atoms with E-state index in [2.05, 4.69) is 9.97 Å². The number of aromatic nitrogens is 2. The van der Waals surface area contributed by atoms with Crippen LogP contribution in [-0.4, -0.2) is 9.97 Å². The molecule has 0 aliphatic carbocycles. The summed E-state index contributed by atoms with van der Waals surface area (Å²) < 4.78 is 0. The molecule has 0 saturated carbocycles. The average molecular weight is 274 g/mol. The Kier molecular flexibility index (Phi) is 2.89. The van der Waals surface area contributed by atoms with Crippen LogP contribution in [0.1, 0.15) is 17.2 Å². The van der Waals surface area contributed by atoms with E-state index in [0.29, 0.717) is 5.02 Å². The van der Waals surface area contributed by atoms with Gasteiger partial charge in [-0.05, 0) is 35.4 Å². The van der Waals surface area contributed by atoms with Crippen molar-refractivity contribution in [2.24, 2.45) is 5.73 Å². The van der Waals surface area contributed by atoms with Crippen LogP contribution in [0.5, 0.6) is 0 Å². The summed E-state index contributed by atoms with van der Waals surface area (Å²) in [6.07, 6.45) is 0. The Morgan fingerprint density at radius 3 is 2.53 bits per heavy atom. The Bertz CT molecular complexity index is 790. The number of H-pyrrole nitrogens is 2. The van der Waals surface area contributed by atoms with Gasteiger partial charge in [0.25, 0.3) is 0 Å². The fourth-order valence-electron chi connectivity index (χ4n) is 2.14. The van der Waals surface area contributed by atoms with E-state index >= 15 is 0 Å². The zero-order chi connectivity index (χ0) is 13.4. The molecule has 3 rings (SSSR count). The Morgan fingerprint density at radius 2 is 1.74 bits per heavy atom. The summed E-state index contributed by atoms with van der Waals surface area (Å²) in [5.74, 6) is 0. The van der Waals surface area contributed by atoms with Gasteiger partial charge in [0, 0.05) is 5.02 Å². The van der Waals surface area contributed by atoms with E-state index in [-0.39, 0.29) is 11.7 Å². The van der Waals surface area contributed by atoms with Gasteiger partial charge in [-0.3, -0.25) is 0 Å². The van der Waals surface area contributed by atoms with Crippen molar-refractivity contribution in [3.63, 3.8) is 0 Å². The molecule has 0 aliphatic rings. The van der Waals surface area contributed by atoms with Crippen molar-refractivity contribution in [3.05, 3.63) is 69.1 Å². The highest BCUT2D eigenvalue weighted by molar-refractivity contribution is 6.30. The smallest absolute Gasteiger partial charge is 0.320 e. The molecule has 2 aromatic carbocycles. The number of halogens is 1. The Balaban J connectivity index is 2.05. The molecule has 0 saturated heterocycles. The van der Waals surface area contributed by atoms with Crippen molar-refractivity contribution in [2.45, 2.75) is 6.04 Å². The molecule has 19 heavy (non-hydrogen) atoms. The van der Waals surface area contributed by atoms with E-state index in [4.69, 9.17) is 17.3 Å². The van der Waals surface area contributed by atoms with E-state index in [9.17, 15) is 4.79 Å². The third kappa shape index (κ3) is 2.28. The number of aromatic amines is 2. The number of nitrogens with two attached hydrogens (primary N) is 1. The first-order valence-corrected chi connectivity index (χ1v) is 6.24. The van der Waals surface area contributed by atoms with Crippen molar-refractivity contribution in [3.8, 4) is 0 Å². The van der Waals surface area contributed by atoms with Crippen LogP contribution in [0.25, 0.3) is 11.0 Å².